The number of rotatable bonds is 3. The van der Waals surface area contributed by atoms with Crippen LogP contribution in [0.3, 0.4) is 0 Å². The maximum Gasteiger partial charge on any atom is 0.227 e. The van der Waals surface area contributed by atoms with Crippen LogP contribution >= 0.6 is 0 Å². The Hall–Kier alpha value is -1.39. The molecule has 0 unspecified atom stereocenters. The minimum atomic E-state index is 0.268. The Morgan fingerprint density at radius 2 is 1.90 bits per heavy atom. The van der Waals surface area contributed by atoms with Gasteiger partial charge in [0.2, 0.25) is 5.91 Å². The minimum absolute atomic E-state index is 0.268. The zero-order chi connectivity index (χ0) is 14.8. The van der Waals surface area contributed by atoms with E-state index in [4.69, 9.17) is 0 Å². The van der Waals surface area contributed by atoms with Crippen molar-refractivity contribution in [2.75, 3.05) is 39.3 Å². The van der Waals surface area contributed by atoms with Crippen LogP contribution in [0.5, 0.6) is 0 Å². The van der Waals surface area contributed by atoms with E-state index in [-0.39, 0.29) is 5.91 Å². The van der Waals surface area contributed by atoms with Gasteiger partial charge in [-0.05, 0) is 30.5 Å². The lowest BCUT2D eigenvalue weighted by molar-refractivity contribution is -0.138. The van der Waals surface area contributed by atoms with Gasteiger partial charge in [0.1, 0.15) is 0 Å². The van der Waals surface area contributed by atoms with Crippen LogP contribution in [-0.4, -0.2) is 61.0 Å². The maximum absolute atomic E-state index is 12.3. The molecule has 114 valence electrons. The predicted molar refractivity (Wildman–Crippen MR) is 84.4 cm³/mol. The van der Waals surface area contributed by atoms with Crippen molar-refractivity contribution >= 4 is 5.91 Å². The summed E-state index contributed by atoms with van der Waals surface area (Å²) in [5.41, 5.74) is 3.69. The number of likely N-dealkylation sites (tertiary alicyclic amines) is 1. The van der Waals surface area contributed by atoms with Gasteiger partial charge < -0.3 is 10.2 Å². The Morgan fingerprint density at radius 3 is 2.57 bits per heavy atom. The topological polar surface area (TPSA) is 35.6 Å². The summed E-state index contributed by atoms with van der Waals surface area (Å²) in [4.78, 5) is 16.8. The smallest absolute Gasteiger partial charge is 0.227 e. The molecule has 2 fully saturated rings. The van der Waals surface area contributed by atoms with E-state index in [1.54, 1.807) is 0 Å². The third-order valence-electron chi connectivity index (χ3n) is 4.81. The van der Waals surface area contributed by atoms with Gasteiger partial charge in [-0.2, -0.15) is 0 Å². The SMILES string of the molecule is Cc1ccc(CC(=O)N2CC(N3CCNCC3)C2)cc1C. The summed E-state index contributed by atoms with van der Waals surface area (Å²) in [6.45, 7) is 10.4. The van der Waals surface area contributed by atoms with E-state index in [1.165, 1.54) is 11.1 Å². The van der Waals surface area contributed by atoms with Gasteiger partial charge in [-0.15, -0.1) is 0 Å². The molecule has 4 nitrogen and oxygen atoms in total. The second-order valence-electron chi connectivity index (χ2n) is 6.33. The predicted octanol–water partition coefficient (Wildman–Crippen LogP) is 0.962. The number of nitrogens with zero attached hydrogens (tertiary/aromatic N) is 2. The van der Waals surface area contributed by atoms with E-state index in [9.17, 15) is 4.79 Å². The van der Waals surface area contributed by atoms with Crippen molar-refractivity contribution < 1.29 is 4.79 Å². The summed E-state index contributed by atoms with van der Waals surface area (Å²) >= 11 is 0. The summed E-state index contributed by atoms with van der Waals surface area (Å²) in [7, 11) is 0. The molecule has 21 heavy (non-hydrogen) atoms. The Morgan fingerprint density at radius 1 is 1.19 bits per heavy atom. The normalized spacial score (nSPS) is 20.4. The molecule has 2 heterocycles. The number of aryl methyl sites for hydroxylation is 2. The highest BCUT2D eigenvalue weighted by Crippen LogP contribution is 2.18. The largest absolute Gasteiger partial charge is 0.339 e. The lowest BCUT2D eigenvalue weighted by Crippen LogP contribution is -2.64. The summed E-state index contributed by atoms with van der Waals surface area (Å²) in [5, 5.41) is 3.37. The zero-order valence-corrected chi connectivity index (χ0v) is 13.1. The molecule has 0 aromatic heterocycles. The standard InChI is InChI=1S/C17H25N3O/c1-13-3-4-15(9-14(13)2)10-17(21)20-11-16(12-20)19-7-5-18-6-8-19/h3-4,9,16,18H,5-8,10-12H2,1-2H3. The molecule has 1 N–H and O–H groups in total. The summed E-state index contributed by atoms with van der Waals surface area (Å²) in [5.74, 6) is 0.268. The average Bonchev–Trinajstić information content (AvgIpc) is 2.42. The van der Waals surface area contributed by atoms with E-state index in [0.717, 1.165) is 44.8 Å². The molecule has 2 aliphatic rings. The van der Waals surface area contributed by atoms with E-state index in [2.05, 4.69) is 42.3 Å². The third kappa shape index (κ3) is 3.27. The van der Waals surface area contributed by atoms with Gasteiger partial charge >= 0.3 is 0 Å². The molecule has 2 saturated heterocycles. The van der Waals surface area contributed by atoms with Gasteiger partial charge in [-0.1, -0.05) is 18.2 Å². The number of carbonyl (C=O) groups excluding carboxylic acids is 1. The first-order chi connectivity index (χ1) is 10.1. The van der Waals surface area contributed by atoms with Crippen molar-refractivity contribution in [2.24, 2.45) is 0 Å². The highest BCUT2D eigenvalue weighted by molar-refractivity contribution is 5.79. The van der Waals surface area contributed by atoms with Crippen molar-refractivity contribution in [3.63, 3.8) is 0 Å². The van der Waals surface area contributed by atoms with Crippen LogP contribution in [-0.2, 0) is 11.2 Å². The fourth-order valence-electron chi connectivity index (χ4n) is 3.14. The first kappa shape index (κ1) is 14.5. The van der Waals surface area contributed by atoms with Crippen LogP contribution in [0.2, 0.25) is 0 Å². The van der Waals surface area contributed by atoms with Crippen LogP contribution in [0.4, 0.5) is 0 Å². The fraction of sp³-hybridized carbons (Fsp3) is 0.588. The minimum Gasteiger partial charge on any atom is -0.339 e. The first-order valence-electron chi connectivity index (χ1n) is 7.92. The van der Waals surface area contributed by atoms with Crippen molar-refractivity contribution in [2.45, 2.75) is 26.3 Å². The number of benzene rings is 1. The van der Waals surface area contributed by atoms with Gasteiger partial charge in [-0.3, -0.25) is 9.69 Å². The van der Waals surface area contributed by atoms with Crippen molar-refractivity contribution in [1.82, 2.24) is 15.1 Å². The quantitative estimate of drug-likeness (QED) is 0.899. The van der Waals surface area contributed by atoms with E-state index >= 15 is 0 Å². The number of hydrogen-bond donors (Lipinski definition) is 1. The number of amides is 1. The van der Waals surface area contributed by atoms with Crippen LogP contribution in [0.1, 0.15) is 16.7 Å². The van der Waals surface area contributed by atoms with Gasteiger partial charge in [0.25, 0.3) is 0 Å². The molecule has 0 saturated carbocycles. The van der Waals surface area contributed by atoms with Gasteiger partial charge in [-0.25, -0.2) is 0 Å². The molecular weight excluding hydrogens is 262 g/mol. The van der Waals surface area contributed by atoms with Crippen molar-refractivity contribution in [3.8, 4) is 0 Å². The number of piperazine rings is 1. The van der Waals surface area contributed by atoms with Crippen molar-refractivity contribution in [1.29, 1.82) is 0 Å². The molecule has 1 aromatic carbocycles. The van der Waals surface area contributed by atoms with E-state index in [1.807, 2.05) is 4.90 Å². The molecule has 2 aliphatic heterocycles. The Labute approximate surface area is 127 Å². The molecule has 0 radical (unpaired) electrons. The van der Waals surface area contributed by atoms with Gasteiger partial charge in [0, 0.05) is 45.3 Å². The van der Waals surface area contributed by atoms with Crippen LogP contribution in [0.15, 0.2) is 18.2 Å². The third-order valence-corrected chi connectivity index (χ3v) is 4.81. The molecule has 1 aromatic rings. The zero-order valence-electron chi connectivity index (χ0n) is 13.1. The average molecular weight is 287 g/mol. The summed E-state index contributed by atoms with van der Waals surface area (Å²) < 4.78 is 0. The second-order valence-corrected chi connectivity index (χ2v) is 6.33. The van der Waals surface area contributed by atoms with Crippen LogP contribution in [0.25, 0.3) is 0 Å². The van der Waals surface area contributed by atoms with Crippen molar-refractivity contribution in [3.05, 3.63) is 34.9 Å². The van der Waals surface area contributed by atoms with Gasteiger partial charge in [0.05, 0.1) is 6.42 Å². The molecule has 0 atom stereocenters. The van der Waals surface area contributed by atoms with Gasteiger partial charge in [0.15, 0.2) is 0 Å². The number of carbonyl (C=O) groups is 1. The number of nitrogens with one attached hydrogen (secondary N) is 1. The maximum atomic E-state index is 12.3. The van der Waals surface area contributed by atoms with E-state index < -0.39 is 0 Å². The second kappa shape index (κ2) is 6.16. The Bertz CT molecular complexity index is 517. The summed E-state index contributed by atoms with van der Waals surface area (Å²) in [6.07, 6.45) is 0.537. The number of hydrogen-bond acceptors (Lipinski definition) is 3. The highest BCUT2D eigenvalue weighted by Gasteiger charge is 2.34. The lowest BCUT2D eigenvalue weighted by atomic mass is 10.0. The molecule has 4 heteroatoms. The Kier molecular flexibility index (Phi) is 4.27. The monoisotopic (exact) mass is 287 g/mol. The lowest BCUT2D eigenvalue weighted by Gasteiger charge is -2.46. The molecule has 0 bridgehead atoms. The highest BCUT2D eigenvalue weighted by atomic mass is 16.2. The molecule has 0 aliphatic carbocycles. The molecule has 1 amide bonds. The van der Waals surface area contributed by atoms with Crippen LogP contribution in [0, 0.1) is 13.8 Å². The molecular formula is C17H25N3O. The molecule has 0 spiro atoms. The molecule has 3 rings (SSSR count). The fourth-order valence-corrected chi connectivity index (χ4v) is 3.14. The van der Waals surface area contributed by atoms with Crippen LogP contribution < -0.4 is 5.32 Å². The Balaban J connectivity index is 1.50. The first-order valence-corrected chi connectivity index (χ1v) is 7.92. The van der Waals surface area contributed by atoms with E-state index in [0.29, 0.717) is 12.5 Å². The summed E-state index contributed by atoms with van der Waals surface area (Å²) in [6, 6.07) is 6.91.